The lowest BCUT2D eigenvalue weighted by atomic mass is 9.98. The van der Waals surface area contributed by atoms with Gasteiger partial charge >= 0.3 is 0 Å². The van der Waals surface area contributed by atoms with Crippen molar-refractivity contribution in [1.29, 1.82) is 0 Å². The maximum Gasteiger partial charge on any atom is 0.0499 e. The van der Waals surface area contributed by atoms with E-state index in [9.17, 15) is 0 Å². The molecule has 0 bridgehead atoms. The molecule has 0 saturated carbocycles. The summed E-state index contributed by atoms with van der Waals surface area (Å²) in [5.41, 5.74) is 4.52. The molecule has 0 N–H and O–H groups in total. The van der Waals surface area contributed by atoms with Gasteiger partial charge in [0.25, 0.3) is 0 Å². The first kappa shape index (κ1) is 17.2. The highest BCUT2D eigenvalue weighted by Crippen LogP contribution is 2.21. The minimum absolute atomic E-state index is 0.450. The molecule has 1 nitrogen and oxygen atoms in total. The van der Waals surface area contributed by atoms with Gasteiger partial charge in [0.05, 0.1) is 0 Å². The van der Waals surface area contributed by atoms with Gasteiger partial charge < -0.3 is 0 Å². The predicted octanol–water partition coefficient (Wildman–Crippen LogP) is 6.14. The van der Waals surface area contributed by atoms with Crippen LogP contribution >= 0.6 is 0 Å². The van der Waals surface area contributed by atoms with Crippen LogP contribution in [0.15, 0.2) is 66.2 Å². The second-order valence-electron chi connectivity index (χ2n) is 5.98. The van der Waals surface area contributed by atoms with E-state index in [0.29, 0.717) is 6.04 Å². The Labute approximate surface area is 140 Å². The molecule has 23 heavy (non-hydrogen) atoms. The number of rotatable bonds is 8. The maximum absolute atomic E-state index is 4.79. The summed E-state index contributed by atoms with van der Waals surface area (Å²) in [6.07, 6.45) is 6.74. The number of nitrogens with zero attached hydrogens (tertiary/aromatic N) is 1. The summed E-state index contributed by atoms with van der Waals surface area (Å²) in [5, 5.41) is 0. The van der Waals surface area contributed by atoms with Gasteiger partial charge in [-0.3, -0.25) is 4.99 Å². The Balaban J connectivity index is 2.15. The SMILES string of the molecule is C=C(c1ccccc1)c1cccc(C=NC(CCC)CCC)c1. The Hall–Kier alpha value is -2.15. The van der Waals surface area contributed by atoms with Gasteiger partial charge in [0.1, 0.15) is 0 Å². The Morgan fingerprint density at radius 3 is 2.26 bits per heavy atom. The third kappa shape index (κ3) is 5.21. The quantitative estimate of drug-likeness (QED) is 0.520. The van der Waals surface area contributed by atoms with Crippen LogP contribution in [0.5, 0.6) is 0 Å². The van der Waals surface area contributed by atoms with Gasteiger partial charge in [-0.25, -0.2) is 0 Å². The summed E-state index contributed by atoms with van der Waals surface area (Å²) < 4.78 is 0. The first-order chi connectivity index (χ1) is 11.2. The molecule has 0 aliphatic rings. The Bertz CT molecular complexity index is 634. The molecular formula is C22H27N. The summed E-state index contributed by atoms with van der Waals surface area (Å²) in [6.45, 7) is 8.70. The van der Waals surface area contributed by atoms with Crippen molar-refractivity contribution in [1.82, 2.24) is 0 Å². The Kier molecular flexibility index (Phi) is 6.80. The van der Waals surface area contributed by atoms with Crippen LogP contribution in [0, 0.1) is 0 Å². The summed E-state index contributed by atoms with van der Waals surface area (Å²) in [6, 6.07) is 19.3. The zero-order chi connectivity index (χ0) is 16.5. The fraction of sp³-hybridized carbons (Fsp3) is 0.318. The van der Waals surface area contributed by atoms with Gasteiger partial charge in [0.15, 0.2) is 0 Å². The molecule has 0 radical (unpaired) electrons. The minimum atomic E-state index is 0.450. The highest BCUT2D eigenvalue weighted by Gasteiger charge is 2.04. The van der Waals surface area contributed by atoms with Crippen molar-refractivity contribution in [2.75, 3.05) is 0 Å². The average Bonchev–Trinajstić information content (AvgIpc) is 2.60. The van der Waals surface area contributed by atoms with Gasteiger partial charge in [-0.05, 0) is 41.2 Å². The van der Waals surface area contributed by atoms with Crippen molar-refractivity contribution >= 4 is 11.8 Å². The van der Waals surface area contributed by atoms with Crippen LogP contribution in [0.1, 0.15) is 56.2 Å². The smallest absolute Gasteiger partial charge is 0.0499 e. The Morgan fingerprint density at radius 2 is 1.61 bits per heavy atom. The van der Waals surface area contributed by atoms with Gasteiger partial charge in [-0.2, -0.15) is 0 Å². The van der Waals surface area contributed by atoms with Crippen molar-refractivity contribution in [3.05, 3.63) is 77.9 Å². The standard InChI is InChI=1S/C22H27N/c1-4-10-22(11-5-2)23-17-19-12-9-15-21(16-19)18(3)20-13-7-6-8-14-20/h6-9,12-17,22H,3-5,10-11H2,1-2H3. The van der Waals surface area contributed by atoms with Gasteiger partial charge in [0.2, 0.25) is 0 Å². The molecule has 0 aliphatic heterocycles. The molecular weight excluding hydrogens is 278 g/mol. The van der Waals surface area contributed by atoms with E-state index >= 15 is 0 Å². The topological polar surface area (TPSA) is 12.4 Å². The highest BCUT2D eigenvalue weighted by molar-refractivity contribution is 5.84. The van der Waals surface area contributed by atoms with Crippen molar-refractivity contribution in [2.24, 2.45) is 4.99 Å². The fourth-order valence-electron chi connectivity index (χ4n) is 2.76. The molecule has 0 unspecified atom stereocenters. The van der Waals surface area contributed by atoms with Crippen LogP contribution in [-0.2, 0) is 0 Å². The van der Waals surface area contributed by atoms with Crippen LogP contribution < -0.4 is 0 Å². The third-order valence-corrected chi connectivity index (χ3v) is 4.04. The van der Waals surface area contributed by atoms with Crippen LogP contribution in [0.3, 0.4) is 0 Å². The van der Waals surface area contributed by atoms with Gasteiger partial charge in [-0.15, -0.1) is 0 Å². The van der Waals surface area contributed by atoms with Gasteiger partial charge in [-0.1, -0.05) is 81.8 Å². The number of hydrogen-bond donors (Lipinski definition) is 0. The lowest BCUT2D eigenvalue weighted by Gasteiger charge is -2.10. The van der Waals surface area contributed by atoms with Crippen molar-refractivity contribution in [2.45, 2.75) is 45.6 Å². The Morgan fingerprint density at radius 1 is 0.957 bits per heavy atom. The van der Waals surface area contributed by atoms with E-state index in [4.69, 9.17) is 4.99 Å². The monoisotopic (exact) mass is 305 g/mol. The van der Waals surface area contributed by atoms with E-state index in [1.807, 2.05) is 24.4 Å². The molecule has 2 aromatic carbocycles. The van der Waals surface area contributed by atoms with Gasteiger partial charge in [0, 0.05) is 12.3 Å². The van der Waals surface area contributed by atoms with E-state index in [2.05, 4.69) is 56.8 Å². The normalized spacial score (nSPS) is 11.3. The molecule has 0 heterocycles. The first-order valence-electron chi connectivity index (χ1n) is 8.62. The second kappa shape index (κ2) is 9.09. The van der Waals surface area contributed by atoms with E-state index in [-0.39, 0.29) is 0 Å². The molecule has 0 aliphatic carbocycles. The molecule has 2 aromatic rings. The molecule has 2 rings (SSSR count). The third-order valence-electron chi connectivity index (χ3n) is 4.04. The molecule has 0 amide bonds. The molecule has 120 valence electrons. The molecule has 0 atom stereocenters. The molecule has 0 saturated heterocycles. The highest BCUT2D eigenvalue weighted by atomic mass is 14.8. The average molecular weight is 305 g/mol. The largest absolute Gasteiger partial charge is 0.289 e. The van der Waals surface area contributed by atoms with Crippen LogP contribution in [-0.4, -0.2) is 12.3 Å². The molecule has 0 fully saturated rings. The van der Waals surface area contributed by atoms with Crippen LogP contribution in [0.25, 0.3) is 5.57 Å². The number of aliphatic imine (C=N–C) groups is 1. The summed E-state index contributed by atoms with van der Waals surface area (Å²) in [4.78, 5) is 4.79. The summed E-state index contributed by atoms with van der Waals surface area (Å²) in [7, 11) is 0. The van der Waals surface area contributed by atoms with Crippen molar-refractivity contribution < 1.29 is 0 Å². The van der Waals surface area contributed by atoms with E-state index in [1.165, 1.54) is 25.7 Å². The maximum atomic E-state index is 4.79. The first-order valence-corrected chi connectivity index (χ1v) is 8.62. The van der Waals surface area contributed by atoms with Crippen molar-refractivity contribution in [3.63, 3.8) is 0 Å². The second-order valence-corrected chi connectivity index (χ2v) is 5.98. The van der Waals surface area contributed by atoms with Crippen LogP contribution in [0.4, 0.5) is 0 Å². The van der Waals surface area contributed by atoms with Crippen molar-refractivity contribution in [3.8, 4) is 0 Å². The minimum Gasteiger partial charge on any atom is -0.289 e. The predicted molar refractivity (Wildman–Crippen MR) is 102 cm³/mol. The number of benzene rings is 2. The lowest BCUT2D eigenvalue weighted by molar-refractivity contribution is 0.558. The molecule has 1 heteroatoms. The summed E-state index contributed by atoms with van der Waals surface area (Å²) in [5.74, 6) is 0. The molecule has 0 aromatic heterocycles. The lowest BCUT2D eigenvalue weighted by Crippen LogP contribution is -2.03. The number of hydrogen-bond acceptors (Lipinski definition) is 1. The zero-order valence-electron chi connectivity index (χ0n) is 14.3. The van der Waals surface area contributed by atoms with E-state index in [1.54, 1.807) is 0 Å². The zero-order valence-corrected chi connectivity index (χ0v) is 14.3. The summed E-state index contributed by atoms with van der Waals surface area (Å²) >= 11 is 0. The van der Waals surface area contributed by atoms with E-state index in [0.717, 1.165) is 22.3 Å². The fourth-order valence-corrected chi connectivity index (χ4v) is 2.76. The molecule has 0 spiro atoms. The van der Waals surface area contributed by atoms with E-state index < -0.39 is 0 Å². The van der Waals surface area contributed by atoms with Crippen LogP contribution in [0.2, 0.25) is 0 Å².